The van der Waals surface area contributed by atoms with Crippen LogP contribution in [0.3, 0.4) is 0 Å². The Morgan fingerprint density at radius 3 is 1.96 bits per heavy atom. The molecule has 0 bridgehead atoms. The van der Waals surface area contributed by atoms with Crippen LogP contribution in [0, 0.1) is 0 Å². The zero-order valence-electron chi connectivity index (χ0n) is 12.5. The minimum absolute atomic E-state index is 0. The normalized spacial score (nSPS) is 11.9. The molecule has 1 aromatic carbocycles. The molecule has 0 unspecified atom stereocenters. The van der Waals surface area contributed by atoms with Gasteiger partial charge in [0.2, 0.25) is 0 Å². The quantitative estimate of drug-likeness (QED) is 0.486. The van der Waals surface area contributed by atoms with Crippen molar-refractivity contribution >= 4 is 43.9 Å². The summed E-state index contributed by atoms with van der Waals surface area (Å²) >= 11 is 0. The highest BCUT2D eigenvalue weighted by molar-refractivity contribution is 7.93. The zero-order chi connectivity index (χ0) is 16.4. The van der Waals surface area contributed by atoms with Crippen molar-refractivity contribution in [3.05, 3.63) is 23.8 Å². The first-order chi connectivity index (χ1) is 9.46. The molecule has 0 aliphatic rings. The number of rotatable bonds is 3. The lowest BCUT2D eigenvalue weighted by Gasteiger charge is -2.09. The maximum Gasteiger partial charge on any atom is 0.257 e. The van der Waals surface area contributed by atoms with Gasteiger partial charge in [-0.05, 0) is 18.2 Å². The molecule has 0 spiro atoms. The summed E-state index contributed by atoms with van der Waals surface area (Å²) in [5.41, 5.74) is 5.29. The van der Waals surface area contributed by atoms with Gasteiger partial charge in [-0.1, -0.05) is 0 Å². The Labute approximate surface area is 140 Å². The highest BCUT2D eigenvalue weighted by Crippen LogP contribution is 2.22. The molecule has 1 rings (SSSR count). The Morgan fingerprint density at radius 1 is 1.09 bits per heavy atom. The van der Waals surface area contributed by atoms with Crippen LogP contribution in [0.1, 0.15) is 10.4 Å². The van der Waals surface area contributed by atoms with Crippen molar-refractivity contribution in [1.82, 2.24) is 5.32 Å². The number of hydrogen-bond acceptors (Lipinski definition) is 6. The Hall–Kier alpha value is -1.69. The van der Waals surface area contributed by atoms with Crippen LogP contribution >= 0.6 is 12.4 Å². The van der Waals surface area contributed by atoms with E-state index < -0.39 is 30.5 Å². The lowest BCUT2D eigenvalue weighted by atomic mass is 10.2. The van der Waals surface area contributed by atoms with Gasteiger partial charge in [-0.15, -0.1) is 12.4 Å². The van der Waals surface area contributed by atoms with Crippen LogP contribution in [-0.4, -0.2) is 53.7 Å². The molecule has 0 radical (unpaired) electrons. The fraction of sp³-hybridized carbons (Fsp3) is 0.273. The van der Waals surface area contributed by atoms with Gasteiger partial charge in [-0.25, -0.2) is 16.8 Å². The number of hydrogen-bond donors (Lipinski definition) is 2. The number of carbonyl (C=O) groups is 1. The third-order valence-electron chi connectivity index (χ3n) is 2.49. The van der Waals surface area contributed by atoms with Gasteiger partial charge >= 0.3 is 0 Å². The molecule has 0 saturated heterocycles. The third-order valence-corrected chi connectivity index (χ3v) is 4.91. The second kappa shape index (κ2) is 8.24. The first kappa shape index (κ1) is 23.6. The lowest BCUT2D eigenvalue weighted by molar-refractivity contribution is 0.0976. The molecule has 23 heavy (non-hydrogen) atoms. The minimum atomic E-state index is -3.83. The first-order valence-electron chi connectivity index (χ1n) is 5.54. The van der Waals surface area contributed by atoms with Crippen molar-refractivity contribution in [3.63, 3.8) is 0 Å². The van der Waals surface area contributed by atoms with Crippen molar-refractivity contribution in [1.29, 1.82) is 0 Å². The fourth-order valence-electron chi connectivity index (χ4n) is 1.49. The summed E-state index contributed by atoms with van der Waals surface area (Å²) < 4.78 is 46.6. The van der Waals surface area contributed by atoms with Gasteiger partial charge in [0, 0.05) is 25.1 Å². The second-order valence-electron chi connectivity index (χ2n) is 4.27. The molecular weight excluding hydrogens is 370 g/mol. The summed E-state index contributed by atoms with van der Waals surface area (Å²) in [6, 6.07) is 3.26. The molecule has 9 nitrogen and oxygen atoms in total. The van der Waals surface area contributed by atoms with E-state index in [-0.39, 0.29) is 34.3 Å². The van der Waals surface area contributed by atoms with Crippen molar-refractivity contribution in [3.8, 4) is 0 Å². The average molecular weight is 388 g/mol. The zero-order valence-corrected chi connectivity index (χ0v) is 15.0. The van der Waals surface area contributed by atoms with Gasteiger partial charge in [0.05, 0.1) is 9.79 Å². The van der Waals surface area contributed by atoms with E-state index in [2.05, 4.69) is 10.3 Å². The highest BCUT2D eigenvalue weighted by atomic mass is 35.5. The number of aliphatic imine (C=N–C) groups is 1. The molecule has 0 fully saturated rings. The molecule has 1 aromatic rings. The summed E-state index contributed by atoms with van der Waals surface area (Å²) in [7, 11) is -6.21. The van der Waals surface area contributed by atoms with E-state index >= 15 is 0 Å². The summed E-state index contributed by atoms with van der Waals surface area (Å²) in [6.07, 6.45) is 1.75. The van der Waals surface area contributed by atoms with Crippen LogP contribution in [0.25, 0.3) is 0 Å². The fourth-order valence-corrected chi connectivity index (χ4v) is 3.91. The Kier molecular flexibility index (Phi) is 8.45. The number of carbonyl (C=O) groups excluding carboxylic acids is 1. The van der Waals surface area contributed by atoms with E-state index in [0.717, 1.165) is 24.6 Å². The van der Waals surface area contributed by atoms with Crippen LogP contribution in [0.4, 0.5) is 0 Å². The van der Waals surface area contributed by atoms with Gasteiger partial charge in [-0.2, -0.15) is 0 Å². The number of sulfone groups is 2. The van der Waals surface area contributed by atoms with Crippen molar-refractivity contribution in [2.24, 2.45) is 10.7 Å². The standard InChI is InChI=1S/C11H15N3O5S2.ClH.H2O/c1-13-11(12)14-10(15)7-4-5-8(20(2,16)17)9(6-7)21(3,18)19;;/h4-6H,1-3H3,(H3,12,13,14,15);1H;1H2. The van der Waals surface area contributed by atoms with Gasteiger partial charge in [-0.3, -0.25) is 15.1 Å². The van der Waals surface area contributed by atoms with Crippen molar-refractivity contribution < 1.29 is 27.1 Å². The number of guanidine groups is 1. The molecule has 0 saturated carbocycles. The summed E-state index contributed by atoms with van der Waals surface area (Å²) in [5.74, 6) is -0.837. The van der Waals surface area contributed by atoms with Crippen molar-refractivity contribution in [2.45, 2.75) is 9.79 Å². The average Bonchev–Trinajstić information content (AvgIpc) is 2.35. The van der Waals surface area contributed by atoms with E-state index in [9.17, 15) is 21.6 Å². The summed E-state index contributed by atoms with van der Waals surface area (Å²) in [6.45, 7) is 0. The molecule has 0 aliphatic heterocycles. The lowest BCUT2D eigenvalue weighted by Crippen LogP contribution is -2.36. The monoisotopic (exact) mass is 387 g/mol. The molecule has 0 aromatic heterocycles. The predicted octanol–water partition coefficient (Wildman–Crippen LogP) is -1.23. The molecule has 1 amide bonds. The molecular formula is C11H18ClN3O6S2. The smallest absolute Gasteiger partial charge is 0.257 e. The number of halogens is 1. The number of nitrogens with one attached hydrogen (secondary N) is 1. The SMILES string of the molecule is CN=C(N)NC(=O)c1ccc(S(C)(=O)=O)c(S(C)(=O)=O)c1.Cl.O. The maximum absolute atomic E-state index is 11.8. The van der Waals surface area contributed by atoms with Gasteiger partial charge < -0.3 is 11.2 Å². The summed E-state index contributed by atoms with van der Waals surface area (Å²) in [5, 5.41) is 2.23. The van der Waals surface area contributed by atoms with E-state index in [1.807, 2.05) is 0 Å². The molecule has 132 valence electrons. The Balaban J connectivity index is 0. The van der Waals surface area contributed by atoms with Crippen LogP contribution in [0.2, 0.25) is 0 Å². The predicted molar refractivity (Wildman–Crippen MR) is 88.5 cm³/mol. The number of nitrogens with two attached hydrogens (primary N) is 1. The van der Waals surface area contributed by atoms with E-state index in [0.29, 0.717) is 0 Å². The van der Waals surface area contributed by atoms with Crippen LogP contribution in [-0.2, 0) is 19.7 Å². The second-order valence-corrected chi connectivity index (χ2v) is 8.24. The van der Waals surface area contributed by atoms with Gasteiger partial charge in [0.1, 0.15) is 0 Å². The Bertz CT molecular complexity index is 818. The van der Waals surface area contributed by atoms with E-state index in [1.54, 1.807) is 0 Å². The van der Waals surface area contributed by atoms with Crippen LogP contribution < -0.4 is 11.1 Å². The minimum Gasteiger partial charge on any atom is -0.412 e. The highest BCUT2D eigenvalue weighted by Gasteiger charge is 2.22. The third kappa shape index (κ3) is 6.14. The van der Waals surface area contributed by atoms with Crippen molar-refractivity contribution in [2.75, 3.05) is 19.6 Å². The van der Waals surface area contributed by atoms with Gasteiger partial charge in [0.15, 0.2) is 25.6 Å². The van der Waals surface area contributed by atoms with Crippen LogP contribution in [0.15, 0.2) is 33.0 Å². The molecule has 12 heteroatoms. The van der Waals surface area contributed by atoms with E-state index in [4.69, 9.17) is 5.73 Å². The molecule has 0 heterocycles. The van der Waals surface area contributed by atoms with Crippen LogP contribution in [0.5, 0.6) is 0 Å². The first-order valence-corrected chi connectivity index (χ1v) is 9.33. The van der Waals surface area contributed by atoms with Gasteiger partial charge in [0.25, 0.3) is 5.91 Å². The number of benzene rings is 1. The molecule has 0 aliphatic carbocycles. The molecule has 5 N–H and O–H groups in total. The number of amides is 1. The topological polar surface area (TPSA) is 167 Å². The maximum atomic E-state index is 11.8. The Morgan fingerprint density at radius 2 is 1.57 bits per heavy atom. The molecule has 0 atom stereocenters. The number of nitrogens with zero attached hydrogens (tertiary/aromatic N) is 1. The van der Waals surface area contributed by atoms with E-state index in [1.165, 1.54) is 13.1 Å². The summed E-state index contributed by atoms with van der Waals surface area (Å²) in [4.78, 5) is 14.6. The largest absolute Gasteiger partial charge is 0.412 e.